The summed E-state index contributed by atoms with van der Waals surface area (Å²) in [5.74, 6) is 1.98. The number of thiazole rings is 1. The molecular weight excluding hydrogens is 268 g/mol. The van der Waals surface area contributed by atoms with Crippen LogP contribution in [0.3, 0.4) is 0 Å². The largest absolute Gasteiger partial charge is 0.348 e. The van der Waals surface area contributed by atoms with Gasteiger partial charge in [-0.15, -0.1) is 0 Å². The summed E-state index contributed by atoms with van der Waals surface area (Å²) in [6, 6.07) is 0. The van der Waals surface area contributed by atoms with Gasteiger partial charge in [-0.05, 0) is 37.0 Å². The van der Waals surface area contributed by atoms with E-state index in [1.54, 1.807) is 11.3 Å². The highest BCUT2D eigenvalue weighted by Crippen LogP contribution is 2.34. The Morgan fingerprint density at radius 2 is 2.00 bits per heavy atom. The van der Waals surface area contributed by atoms with Crippen LogP contribution in [0.1, 0.15) is 68.2 Å². The Morgan fingerprint density at radius 1 is 1.35 bits per heavy atom. The molecule has 2 rings (SSSR count). The molecule has 0 saturated carbocycles. The van der Waals surface area contributed by atoms with E-state index >= 15 is 0 Å². The molecule has 0 aliphatic carbocycles. The minimum Gasteiger partial charge on any atom is -0.348 e. The van der Waals surface area contributed by atoms with E-state index in [1.165, 1.54) is 12.8 Å². The van der Waals surface area contributed by atoms with E-state index in [1.807, 2.05) is 0 Å². The average Bonchev–Trinajstić information content (AvgIpc) is 2.90. The molecule has 0 bridgehead atoms. The molecule has 1 aromatic rings. The van der Waals surface area contributed by atoms with E-state index in [0.717, 1.165) is 53.3 Å². The number of rotatable bonds is 5. The summed E-state index contributed by atoms with van der Waals surface area (Å²) in [4.78, 5) is 19.2. The van der Waals surface area contributed by atoms with Gasteiger partial charge in [-0.2, -0.15) is 0 Å². The molecule has 0 radical (unpaired) electrons. The zero-order valence-electron chi connectivity index (χ0n) is 13.1. The first-order chi connectivity index (χ1) is 9.56. The molecule has 4 heteroatoms. The van der Waals surface area contributed by atoms with Crippen LogP contribution in [0.4, 0.5) is 5.13 Å². The van der Waals surface area contributed by atoms with Crippen LogP contribution in [0, 0.1) is 11.8 Å². The highest BCUT2D eigenvalue weighted by molar-refractivity contribution is 7.17. The molecule has 1 atom stereocenters. The summed E-state index contributed by atoms with van der Waals surface area (Å²) in [7, 11) is 0. The van der Waals surface area contributed by atoms with Crippen molar-refractivity contribution < 1.29 is 4.79 Å². The van der Waals surface area contributed by atoms with Gasteiger partial charge in [0.1, 0.15) is 0 Å². The van der Waals surface area contributed by atoms with Gasteiger partial charge in [-0.1, -0.05) is 39.0 Å². The number of hydrogen-bond donors (Lipinski definition) is 0. The lowest BCUT2D eigenvalue weighted by Gasteiger charge is -2.33. The molecular formula is C16H26N2OS. The lowest BCUT2D eigenvalue weighted by atomic mass is 9.87. The molecule has 0 spiro atoms. The summed E-state index contributed by atoms with van der Waals surface area (Å²) in [5.41, 5.74) is 0.994. The maximum absolute atomic E-state index is 11.2. The monoisotopic (exact) mass is 294 g/mol. The summed E-state index contributed by atoms with van der Waals surface area (Å²) >= 11 is 1.57. The number of carbonyl (C=O) groups is 1. The van der Waals surface area contributed by atoms with Crippen LogP contribution < -0.4 is 4.90 Å². The van der Waals surface area contributed by atoms with Gasteiger partial charge in [-0.3, -0.25) is 4.79 Å². The van der Waals surface area contributed by atoms with E-state index < -0.39 is 0 Å². The second kappa shape index (κ2) is 6.70. The zero-order chi connectivity index (χ0) is 14.7. The van der Waals surface area contributed by atoms with Crippen LogP contribution in [-0.4, -0.2) is 24.4 Å². The fourth-order valence-corrected chi connectivity index (χ4v) is 3.91. The SMILES string of the molecule is CCC(C)c1nc(N2CCC(C(C)C)CC2)sc1C=O. The van der Waals surface area contributed by atoms with Gasteiger partial charge >= 0.3 is 0 Å². The molecule has 1 unspecified atom stereocenters. The molecule has 3 nitrogen and oxygen atoms in total. The molecule has 20 heavy (non-hydrogen) atoms. The number of nitrogens with zero attached hydrogens (tertiary/aromatic N) is 2. The van der Waals surface area contributed by atoms with E-state index in [0.29, 0.717) is 5.92 Å². The van der Waals surface area contributed by atoms with Crippen LogP contribution >= 0.6 is 11.3 Å². The predicted octanol–water partition coefficient (Wildman–Crippen LogP) is 4.34. The lowest BCUT2D eigenvalue weighted by molar-refractivity contribution is 0.112. The maximum atomic E-state index is 11.2. The fourth-order valence-electron chi connectivity index (χ4n) is 2.86. The topological polar surface area (TPSA) is 33.2 Å². The molecule has 1 aromatic heterocycles. The molecule has 1 saturated heterocycles. The molecule has 112 valence electrons. The minimum atomic E-state index is 0.369. The van der Waals surface area contributed by atoms with Gasteiger partial charge in [0.15, 0.2) is 11.4 Å². The zero-order valence-corrected chi connectivity index (χ0v) is 13.9. The summed E-state index contributed by atoms with van der Waals surface area (Å²) in [5, 5.41) is 1.05. The number of carbonyl (C=O) groups excluding carboxylic acids is 1. The normalized spacial score (nSPS) is 18.6. The van der Waals surface area contributed by atoms with Crippen molar-refractivity contribution in [1.29, 1.82) is 0 Å². The van der Waals surface area contributed by atoms with Crippen LogP contribution in [-0.2, 0) is 0 Å². The minimum absolute atomic E-state index is 0.369. The van der Waals surface area contributed by atoms with Crippen LogP contribution in [0.25, 0.3) is 0 Å². The number of aldehydes is 1. The smallest absolute Gasteiger partial charge is 0.186 e. The first-order valence-corrected chi connectivity index (χ1v) is 8.59. The van der Waals surface area contributed by atoms with E-state index in [-0.39, 0.29) is 0 Å². The third-order valence-electron chi connectivity index (χ3n) is 4.61. The molecule has 1 aliphatic heterocycles. The van der Waals surface area contributed by atoms with Crippen LogP contribution in [0.2, 0.25) is 0 Å². The molecule has 1 aliphatic rings. The van der Waals surface area contributed by atoms with Gasteiger partial charge < -0.3 is 4.90 Å². The third kappa shape index (κ3) is 3.22. The number of aromatic nitrogens is 1. The van der Waals surface area contributed by atoms with Crippen molar-refractivity contribution in [3.05, 3.63) is 10.6 Å². The van der Waals surface area contributed by atoms with Crippen molar-refractivity contribution >= 4 is 22.8 Å². The van der Waals surface area contributed by atoms with Crippen molar-refractivity contribution in [2.75, 3.05) is 18.0 Å². The molecule has 0 N–H and O–H groups in total. The van der Waals surface area contributed by atoms with Crippen LogP contribution in [0.5, 0.6) is 0 Å². The second-order valence-electron chi connectivity index (χ2n) is 6.24. The first kappa shape index (κ1) is 15.5. The Bertz CT molecular complexity index is 447. The Kier molecular flexibility index (Phi) is 5.19. The number of hydrogen-bond acceptors (Lipinski definition) is 4. The predicted molar refractivity (Wildman–Crippen MR) is 86.0 cm³/mol. The third-order valence-corrected chi connectivity index (χ3v) is 5.67. The Balaban J connectivity index is 2.10. The first-order valence-electron chi connectivity index (χ1n) is 7.77. The van der Waals surface area contributed by atoms with Crippen molar-refractivity contribution in [3.63, 3.8) is 0 Å². The summed E-state index contributed by atoms with van der Waals surface area (Å²) in [6.45, 7) is 11.1. The molecule has 0 amide bonds. The Morgan fingerprint density at radius 3 is 2.50 bits per heavy atom. The van der Waals surface area contributed by atoms with Gasteiger partial charge in [0.25, 0.3) is 0 Å². The van der Waals surface area contributed by atoms with Gasteiger partial charge in [0.05, 0.1) is 10.6 Å². The molecule has 2 heterocycles. The maximum Gasteiger partial charge on any atom is 0.186 e. The number of anilines is 1. The fraction of sp³-hybridized carbons (Fsp3) is 0.750. The van der Waals surface area contributed by atoms with Crippen molar-refractivity contribution in [3.8, 4) is 0 Å². The Hall–Kier alpha value is -0.900. The molecule has 1 fully saturated rings. The van der Waals surface area contributed by atoms with Gasteiger partial charge in [-0.25, -0.2) is 4.98 Å². The van der Waals surface area contributed by atoms with E-state index in [4.69, 9.17) is 4.98 Å². The van der Waals surface area contributed by atoms with Crippen molar-refractivity contribution in [2.24, 2.45) is 11.8 Å². The highest BCUT2D eigenvalue weighted by atomic mass is 32.1. The van der Waals surface area contributed by atoms with Gasteiger partial charge in [0, 0.05) is 13.1 Å². The van der Waals surface area contributed by atoms with Crippen molar-refractivity contribution in [1.82, 2.24) is 4.98 Å². The van der Waals surface area contributed by atoms with E-state index in [2.05, 4.69) is 32.6 Å². The van der Waals surface area contributed by atoms with Crippen LogP contribution in [0.15, 0.2) is 0 Å². The quantitative estimate of drug-likeness (QED) is 0.757. The average molecular weight is 294 g/mol. The van der Waals surface area contributed by atoms with Gasteiger partial charge in [0.2, 0.25) is 0 Å². The summed E-state index contributed by atoms with van der Waals surface area (Å²) < 4.78 is 0. The highest BCUT2D eigenvalue weighted by Gasteiger charge is 2.25. The van der Waals surface area contributed by atoms with E-state index in [9.17, 15) is 4.79 Å². The molecule has 0 aromatic carbocycles. The van der Waals surface area contributed by atoms with Crippen molar-refractivity contribution in [2.45, 2.75) is 52.9 Å². The number of piperidine rings is 1. The second-order valence-corrected chi connectivity index (χ2v) is 7.25. The lowest BCUT2D eigenvalue weighted by Crippen LogP contribution is -2.35. The Labute approximate surface area is 126 Å². The standard InChI is InChI=1S/C16H26N2OS/c1-5-12(4)15-14(10-19)20-16(17-15)18-8-6-13(7-9-18)11(2)3/h10-13H,5-9H2,1-4H3. The summed E-state index contributed by atoms with van der Waals surface area (Å²) in [6.07, 6.45) is 4.49.